The number of carbonyl (C=O) groups is 1. The van der Waals surface area contributed by atoms with E-state index < -0.39 is 0 Å². The van der Waals surface area contributed by atoms with E-state index in [-0.39, 0.29) is 16.9 Å². The van der Waals surface area contributed by atoms with Gasteiger partial charge in [0, 0.05) is 16.7 Å². The summed E-state index contributed by atoms with van der Waals surface area (Å²) in [5.74, 6) is 0.512. The minimum Gasteiger partial charge on any atom is -0.389 e. The highest BCUT2D eigenvalue weighted by Crippen LogP contribution is 2.21. The summed E-state index contributed by atoms with van der Waals surface area (Å²) in [6, 6.07) is 6.73. The number of carbonyl (C=O) groups excluding carboxylic acids is 1. The number of amides is 1. The maximum atomic E-state index is 12.3. The zero-order chi connectivity index (χ0) is 15.6. The lowest BCUT2D eigenvalue weighted by Crippen LogP contribution is -2.27. The molecular formula is C15H17N3O2S. The molecule has 0 aliphatic rings. The lowest BCUT2D eigenvalue weighted by Gasteiger charge is -2.14. The van der Waals surface area contributed by atoms with Gasteiger partial charge in [0.2, 0.25) is 0 Å². The van der Waals surface area contributed by atoms with Crippen molar-refractivity contribution in [2.45, 2.75) is 26.8 Å². The molecule has 21 heavy (non-hydrogen) atoms. The van der Waals surface area contributed by atoms with Crippen molar-refractivity contribution in [2.75, 3.05) is 0 Å². The lowest BCUT2D eigenvalue weighted by atomic mass is 10.1. The van der Waals surface area contributed by atoms with Gasteiger partial charge in [-0.2, -0.15) is 0 Å². The second-order valence-corrected chi connectivity index (χ2v) is 5.32. The molecule has 5 nitrogen and oxygen atoms in total. The summed E-state index contributed by atoms with van der Waals surface area (Å²) >= 11 is 4.92. The van der Waals surface area contributed by atoms with Crippen molar-refractivity contribution in [1.29, 1.82) is 0 Å². The summed E-state index contributed by atoms with van der Waals surface area (Å²) in [5, 5.41) is 6.82. The van der Waals surface area contributed by atoms with Crippen LogP contribution in [-0.4, -0.2) is 16.1 Å². The normalized spacial score (nSPS) is 12.0. The van der Waals surface area contributed by atoms with E-state index in [2.05, 4.69) is 10.5 Å². The van der Waals surface area contributed by atoms with Crippen LogP contribution < -0.4 is 11.1 Å². The van der Waals surface area contributed by atoms with Crippen LogP contribution >= 0.6 is 12.2 Å². The Balaban J connectivity index is 2.18. The van der Waals surface area contributed by atoms with Crippen LogP contribution in [0.4, 0.5) is 0 Å². The highest BCUT2D eigenvalue weighted by molar-refractivity contribution is 7.80. The SMILES string of the molecule is Cc1noc(C)c1C(C)NC(=O)c1cccc(C(N)=S)c1. The van der Waals surface area contributed by atoms with Gasteiger partial charge in [-0.3, -0.25) is 4.79 Å². The van der Waals surface area contributed by atoms with Crippen molar-refractivity contribution in [3.8, 4) is 0 Å². The molecule has 0 spiro atoms. The summed E-state index contributed by atoms with van der Waals surface area (Å²) in [6.45, 7) is 5.56. The van der Waals surface area contributed by atoms with Crippen LogP contribution in [0.3, 0.4) is 0 Å². The highest BCUT2D eigenvalue weighted by Gasteiger charge is 2.19. The average Bonchev–Trinajstić information content (AvgIpc) is 2.78. The molecule has 3 N–H and O–H groups in total. The van der Waals surface area contributed by atoms with Crippen molar-refractivity contribution in [3.05, 3.63) is 52.4 Å². The molecule has 0 radical (unpaired) electrons. The number of rotatable bonds is 4. The third kappa shape index (κ3) is 3.28. The second kappa shape index (κ2) is 6.05. The number of thiocarbonyl (C=S) groups is 1. The summed E-state index contributed by atoms with van der Waals surface area (Å²) in [7, 11) is 0. The molecule has 0 saturated carbocycles. The van der Waals surface area contributed by atoms with Gasteiger partial charge in [0.1, 0.15) is 10.7 Å². The Hall–Kier alpha value is -2.21. The molecule has 1 atom stereocenters. The van der Waals surface area contributed by atoms with Gasteiger partial charge in [-0.25, -0.2) is 0 Å². The largest absolute Gasteiger partial charge is 0.389 e. The first-order valence-corrected chi connectivity index (χ1v) is 6.94. The third-order valence-electron chi connectivity index (χ3n) is 3.28. The van der Waals surface area contributed by atoms with E-state index in [1.807, 2.05) is 20.8 Å². The summed E-state index contributed by atoms with van der Waals surface area (Å²) in [6.07, 6.45) is 0. The van der Waals surface area contributed by atoms with Crippen molar-refractivity contribution in [1.82, 2.24) is 10.5 Å². The second-order valence-electron chi connectivity index (χ2n) is 4.88. The van der Waals surface area contributed by atoms with Gasteiger partial charge in [-0.05, 0) is 32.9 Å². The molecule has 1 aromatic heterocycles. The molecule has 0 fully saturated rings. The van der Waals surface area contributed by atoms with Crippen molar-refractivity contribution >= 4 is 23.1 Å². The van der Waals surface area contributed by atoms with E-state index >= 15 is 0 Å². The minimum atomic E-state index is -0.197. The zero-order valence-electron chi connectivity index (χ0n) is 12.1. The topological polar surface area (TPSA) is 81.2 Å². The molecule has 110 valence electrons. The fraction of sp³-hybridized carbons (Fsp3) is 0.267. The van der Waals surface area contributed by atoms with Gasteiger partial charge in [-0.15, -0.1) is 0 Å². The Morgan fingerprint density at radius 1 is 1.38 bits per heavy atom. The van der Waals surface area contributed by atoms with E-state index in [4.69, 9.17) is 22.5 Å². The third-order valence-corrected chi connectivity index (χ3v) is 3.51. The number of aromatic nitrogens is 1. The average molecular weight is 303 g/mol. The number of benzene rings is 1. The number of hydrogen-bond acceptors (Lipinski definition) is 4. The Morgan fingerprint density at radius 3 is 2.62 bits per heavy atom. The van der Waals surface area contributed by atoms with Crippen LogP contribution in [0.2, 0.25) is 0 Å². The van der Waals surface area contributed by atoms with Crippen LogP contribution in [0, 0.1) is 13.8 Å². The summed E-state index contributed by atoms with van der Waals surface area (Å²) in [5.41, 5.74) is 8.43. The van der Waals surface area contributed by atoms with E-state index in [9.17, 15) is 4.79 Å². The monoisotopic (exact) mass is 303 g/mol. The fourth-order valence-electron chi connectivity index (χ4n) is 2.27. The van der Waals surface area contributed by atoms with E-state index in [0.717, 1.165) is 11.3 Å². The molecule has 1 unspecified atom stereocenters. The molecule has 0 bridgehead atoms. The number of nitrogens with zero attached hydrogens (tertiary/aromatic N) is 1. The molecule has 1 aromatic carbocycles. The van der Waals surface area contributed by atoms with E-state index in [1.54, 1.807) is 24.3 Å². The molecule has 2 aromatic rings. The fourth-order valence-corrected chi connectivity index (χ4v) is 2.40. The highest BCUT2D eigenvalue weighted by atomic mass is 32.1. The molecule has 1 amide bonds. The van der Waals surface area contributed by atoms with Gasteiger partial charge in [0.05, 0.1) is 11.7 Å². The molecule has 0 aliphatic carbocycles. The standard InChI is InChI=1S/C15H17N3O2S/c1-8(13-9(2)18-20-10(13)3)17-15(19)12-6-4-5-11(7-12)14(16)21/h4-8H,1-3H3,(H2,16,21)(H,17,19). The van der Waals surface area contributed by atoms with Crippen LogP contribution in [0.15, 0.2) is 28.8 Å². The number of nitrogens with two attached hydrogens (primary N) is 1. The summed E-state index contributed by atoms with van der Waals surface area (Å²) in [4.78, 5) is 12.6. The van der Waals surface area contributed by atoms with Gasteiger partial charge in [0.25, 0.3) is 5.91 Å². The first kappa shape index (κ1) is 15.2. The first-order valence-electron chi connectivity index (χ1n) is 6.53. The number of aryl methyl sites for hydroxylation is 2. The van der Waals surface area contributed by atoms with E-state index in [0.29, 0.717) is 16.9 Å². The minimum absolute atomic E-state index is 0.194. The van der Waals surface area contributed by atoms with Gasteiger partial charge in [0.15, 0.2) is 0 Å². The lowest BCUT2D eigenvalue weighted by molar-refractivity contribution is 0.0939. The maximum Gasteiger partial charge on any atom is 0.251 e. The summed E-state index contributed by atoms with van der Waals surface area (Å²) < 4.78 is 5.12. The van der Waals surface area contributed by atoms with Crippen LogP contribution in [-0.2, 0) is 0 Å². The Morgan fingerprint density at radius 2 is 2.05 bits per heavy atom. The molecule has 1 heterocycles. The van der Waals surface area contributed by atoms with Gasteiger partial charge in [-0.1, -0.05) is 29.5 Å². The van der Waals surface area contributed by atoms with Crippen molar-refractivity contribution in [3.63, 3.8) is 0 Å². The Kier molecular flexibility index (Phi) is 4.37. The molecule has 0 aliphatic heterocycles. The quantitative estimate of drug-likeness (QED) is 0.848. The van der Waals surface area contributed by atoms with Gasteiger partial charge < -0.3 is 15.6 Å². The first-order chi connectivity index (χ1) is 9.90. The van der Waals surface area contributed by atoms with Crippen molar-refractivity contribution < 1.29 is 9.32 Å². The predicted octanol–water partition coefficient (Wildman–Crippen LogP) is 2.42. The Labute approximate surface area is 128 Å². The van der Waals surface area contributed by atoms with Gasteiger partial charge >= 0.3 is 0 Å². The van der Waals surface area contributed by atoms with E-state index in [1.165, 1.54) is 0 Å². The van der Waals surface area contributed by atoms with Crippen LogP contribution in [0.1, 0.15) is 45.9 Å². The molecule has 0 saturated heterocycles. The van der Waals surface area contributed by atoms with Crippen LogP contribution in [0.25, 0.3) is 0 Å². The van der Waals surface area contributed by atoms with Crippen LogP contribution in [0.5, 0.6) is 0 Å². The molecular weight excluding hydrogens is 286 g/mol. The Bertz CT molecular complexity index is 674. The predicted molar refractivity (Wildman–Crippen MR) is 84.2 cm³/mol. The zero-order valence-corrected chi connectivity index (χ0v) is 13.0. The van der Waals surface area contributed by atoms with Crippen molar-refractivity contribution in [2.24, 2.45) is 5.73 Å². The molecule has 6 heteroatoms. The smallest absolute Gasteiger partial charge is 0.251 e. The molecule has 2 rings (SSSR count). The maximum absolute atomic E-state index is 12.3. The number of hydrogen-bond donors (Lipinski definition) is 2. The number of nitrogens with one attached hydrogen (secondary N) is 1.